The molecule has 0 spiro atoms. The fourth-order valence-electron chi connectivity index (χ4n) is 2.30. The van der Waals surface area contributed by atoms with Crippen molar-refractivity contribution in [1.29, 1.82) is 0 Å². The van der Waals surface area contributed by atoms with Crippen molar-refractivity contribution < 1.29 is 17.7 Å². The lowest BCUT2D eigenvalue weighted by Crippen LogP contribution is -2.23. The fraction of sp³-hybridized carbons (Fsp3) is 0.545. The third-order valence-electron chi connectivity index (χ3n) is 3.18. The Balaban J connectivity index is 1.92. The summed E-state index contributed by atoms with van der Waals surface area (Å²) in [6, 6.07) is -0.193. The molecule has 0 aromatic carbocycles. The van der Waals surface area contributed by atoms with Crippen LogP contribution in [-0.4, -0.2) is 21.7 Å². The lowest BCUT2D eigenvalue weighted by molar-refractivity contribution is -0.141. The summed E-state index contributed by atoms with van der Waals surface area (Å²) in [6.07, 6.45) is -2.86. The second-order valence-corrected chi connectivity index (χ2v) is 6.93. The Morgan fingerprint density at radius 1 is 1.38 bits per heavy atom. The fourth-order valence-corrected chi connectivity index (χ4v) is 3.94. The SMILES string of the molecule is Cc1nc(C2CCCN2c2nc(C(F)(F)F)c(Br)s2)no1. The van der Waals surface area contributed by atoms with Gasteiger partial charge in [0.1, 0.15) is 3.79 Å². The van der Waals surface area contributed by atoms with Gasteiger partial charge in [-0.05, 0) is 28.8 Å². The lowest BCUT2D eigenvalue weighted by atomic mass is 10.2. The number of nitrogens with zero attached hydrogens (tertiary/aromatic N) is 4. The Labute approximate surface area is 130 Å². The number of alkyl halides is 3. The first kappa shape index (κ1) is 14.8. The van der Waals surface area contributed by atoms with Crippen LogP contribution in [0.15, 0.2) is 8.31 Å². The van der Waals surface area contributed by atoms with E-state index in [9.17, 15) is 13.2 Å². The van der Waals surface area contributed by atoms with Crippen molar-refractivity contribution in [2.45, 2.75) is 32.0 Å². The molecule has 0 radical (unpaired) electrons. The van der Waals surface area contributed by atoms with Crippen LogP contribution in [0.3, 0.4) is 0 Å². The summed E-state index contributed by atoms with van der Waals surface area (Å²) in [4.78, 5) is 9.70. The van der Waals surface area contributed by atoms with Gasteiger partial charge in [0.15, 0.2) is 16.6 Å². The summed E-state index contributed by atoms with van der Waals surface area (Å²) in [7, 11) is 0. The minimum absolute atomic E-state index is 0.0139. The number of aromatic nitrogens is 3. The molecule has 1 unspecified atom stereocenters. The number of halogens is 4. The van der Waals surface area contributed by atoms with Crippen LogP contribution >= 0.6 is 27.3 Å². The molecule has 0 N–H and O–H groups in total. The molecule has 3 heterocycles. The highest BCUT2D eigenvalue weighted by molar-refractivity contribution is 9.11. The Morgan fingerprint density at radius 2 is 2.14 bits per heavy atom. The Bertz CT molecular complexity index is 656. The highest BCUT2D eigenvalue weighted by atomic mass is 79.9. The first-order valence-corrected chi connectivity index (χ1v) is 7.77. The third-order valence-corrected chi connectivity index (χ3v) is 4.92. The van der Waals surface area contributed by atoms with Gasteiger partial charge in [-0.2, -0.15) is 18.2 Å². The molecule has 0 amide bonds. The minimum Gasteiger partial charge on any atom is -0.340 e. The van der Waals surface area contributed by atoms with Gasteiger partial charge in [0, 0.05) is 13.5 Å². The van der Waals surface area contributed by atoms with Gasteiger partial charge in [0.2, 0.25) is 5.89 Å². The molecule has 1 fully saturated rings. The maximum absolute atomic E-state index is 12.8. The molecular weight excluding hydrogens is 373 g/mol. The predicted octanol–water partition coefficient (Wildman–Crippen LogP) is 3.96. The predicted molar refractivity (Wildman–Crippen MR) is 73.2 cm³/mol. The van der Waals surface area contributed by atoms with E-state index in [2.05, 4.69) is 31.1 Å². The maximum atomic E-state index is 12.8. The van der Waals surface area contributed by atoms with E-state index in [0.29, 0.717) is 23.4 Å². The number of hydrogen-bond donors (Lipinski definition) is 0. The third kappa shape index (κ3) is 2.78. The van der Waals surface area contributed by atoms with Gasteiger partial charge in [-0.15, -0.1) is 0 Å². The van der Waals surface area contributed by atoms with Crippen molar-refractivity contribution in [2.75, 3.05) is 11.4 Å². The quantitative estimate of drug-likeness (QED) is 0.786. The molecule has 2 aromatic rings. The summed E-state index contributed by atoms with van der Waals surface area (Å²) in [5.41, 5.74) is -0.891. The largest absolute Gasteiger partial charge is 0.435 e. The second kappa shape index (κ2) is 5.24. The average Bonchev–Trinajstić information content (AvgIpc) is 3.05. The zero-order valence-corrected chi connectivity index (χ0v) is 13.2. The molecule has 21 heavy (non-hydrogen) atoms. The molecule has 10 heteroatoms. The summed E-state index contributed by atoms with van der Waals surface area (Å²) < 4.78 is 43.4. The first-order chi connectivity index (χ1) is 9.86. The molecule has 0 saturated carbocycles. The van der Waals surface area contributed by atoms with Crippen molar-refractivity contribution >= 4 is 32.4 Å². The van der Waals surface area contributed by atoms with E-state index in [0.717, 1.165) is 24.2 Å². The van der Waals surface area contributed by atoms with Crippen LogP contribution in [0.2, 0.25) is 0 Å². The van der Waals surface area contributed by atoms with Crippen LogP contribution in [0.1, 0.15) is 36.3 Å². The molecule has 2 aromatic heterocycles. The molecule has 0 aliphatic carbocycles. The maximum Gasteiger partial charge on any atom is 0.435 e. The topological polar surface area (TPSA) is 55.1 Å². The molecule has 1 aliphatic rings. The average molecular weight is 383 g/mol. The van der Waals surface area contributed by atoms with Crippen molar-refractivity contribution in [3.05, 3.63) is 21.2 Å². The van der Waals surface area contributed by atoms with Crippen LogP contribution in [-0.2, 0) is 6.18 Å². The van der Waals surface area contributed by atoms with E-state index in [4.69, 9.17) is 4.52 Å². The molecular formula is C11H10BrF3N4OS. The number of anilines is 1. The van der Waals surface area contributed by atoms with Crippen molar-refractivity contribution in [3.63, 3.8) is 0 Å². The molecule has 3 rings (SSSR count). The van der Waals surface area contributed by atoms with Crippen LogP contribution in [0.5, 0.6) is 0 Å². The van der Waals surface area contributed by atoms with E-state index in [1.165, 1.54) is 0 Å². The van der Waals surface area contributed by atoms with Crippen molar-refractivity contribution in [2.24, 2.45) is 0 Å². The molecule has 1 saturated heterocycles. The highest BCUT2D eigenvalue weighted by Gasteiger charge is 2.39. The number of aryl methyl sites for hydroxylation is 1. The van der Waals surface area contributed by atoms with Crippen molar-refractivity contribution in [1.82, 2.24) is 15.1 Å². The standard InChI is InChI=1S/C11H10BrF3N4OS/c1-5-16-9(18-20-5)6-3-2-4-19(6)10-17-7(8(12)21-10)11(13,14)15/h6H,2-4H2,1H3. The number of thiazole rings is 1. The van der Waals surface area contributed by atoms with Gasteiger partial charge < -0.3 is 9.42 Å². The van der Waals surface area contributed by atoms with Crippen molar-refractivity contribution in [3.8, 4) is 0 Å². The van der Waals surface area contributed by atoms with Gasteiger partial charge >= 0.3 is 6.18 Å². The summed E-state index contributed by atoms with van der Waals surface area (Å²) in [5.74, 6) is 0.929. The second-order valence-electron chi connectivity index (χ2n) is 4.64. The zero-order chi connectivity index (χ0) is 15.2. The summed E-state index contributed by atoms with van der Waals surface area (Å²) in [5, 5.41) is 4.19. The highest BCUT2D eigenvalue weighted by Crippen LogP contribution is 2.44. The monoisotopic (exact) mass is 382 g/mol. The summed E-state index contributed by atoms with van der Waals surface area (Å²) >= 11 is 3.91. The Morgan fingerprint density at radius 3 is 2.71 bits per heavy atom. The smallest absolute Gasteiger partial charge is 0.340 e. The van der Waals surface area contributed by atoms with E-state index in [-0.39, 0.29) is 9.83 Å². The van der Waals surface area contributed by atoms with E-state index in [1.807, 2.05) is 0 Å². The van der Waals surface area contributed by atoms with Crippen LogP contribution in [0, 0.1) is 6.92 Å². The van der Waals surface area contributed by atoms with E-state index >= 15 is 0 Å². The van der Waals surface area contributed by atoms with Gasteiger partial charge in [-0.3, -0.25) is 0 Å². The molecule has 1 aliphatic heterocycles. The minimum atomic E-state index is -4.47. The summed E-state index contributed by atoms with van der Waals surface area (Å²) in [6.45, 7) is 2.30. The zero-order valence-electron chi connectivity index (χ0n) is 10.8. The van der Waals surface area contributed by atoms with Crippen LogP contribution < -0.4 is 4.90 Å². The molecule has 1 atom stereocenters. The van der Waals surface area contributed by atoms with E-state index < -0.39 is 11.9 Å². The molecule has 114 valence electrons. The lowest BCUT2D eigenvalue weighted by Gasteiger charge is -2.20. The first-order valence-electron chi connectivity index (χ1n) is 6.16. The number of hydrogen-bond acceptors (Lipinski definition) is 6. The van der Waals surface area contributed by atoms with E-state index in [1.54, 1.807) is 11.8 Å². The van der Waals surface area contributed by atoms with Crippen LogP contribution in [0.25, 0.3) is 0 Å². The molecule has 0 bridgehead atoms. The van der Waals surface area contributed by atoms with Crippen LogP contribution in [0.4, 0.5) is 18.3 Å². The number of rotatable bonds is 2. The van der Waals surface area contributed by atoms with Gasteiger partial charge in [-0.25, -0.2) is 4.98 Å². The Kier molecular flexibility index (Phi) is 3.68. The normalized spacial score (nSPS) is 19.5. The van der Waals surface area contributed by atoms with Gasteiger partial charge in [0.05, 0.1) is 6.04 Å². The molecule has 5 nitrogen and oxygen atoms in total. The van der Waals surface area contributed by atoms with Gasteiger partial charge in [0.25, 0.3) is 0 Å². The van der Waals surface area contributed by atoms with Gasteiger partial charge in [-0.1, -0.05) is 16.5 Å². The Hall–Kier alpha value is -1.16.